The zero-order chi connectivity index (χ0) is 8.23. The Balaban J connectivity index is 1.94. The first-order valence-electron chi connectivity index (χ1n) is 4.21. The minimum Gasteiger partial charge on any atom is -0.104 e. The molecule has 0 aromatic heterocycles. The first-order valence-corrected chi connectivity index (χ1v) is 7.09. The highest BCUT2D eigenvalue weighted by Crippen LogP contribution is 2.21. The summed E-state index contributed by atoms with van der Waals surface area (Å²) in [6, 6.07) is 10.9. The van der Waals surface area contributed by atoms with E-state index in [1.54, 1.807) is 0 Å². The van der Waals surface area contributed by atoms with E-state index in [0.717, 1.165) is 0 Å². The van der Waals surface area contributed by atoms with Gasteiger partial charge in [-0.2, -0.15) is 0 Å². The summed E-state index contributed by atoms with van der Waals surface area (Å²) in [5.41, 5.74) is 1.52. The first kappa shape index (κ1) is 8.52. The molecule has 1 aliphatic heterocycles. The number of rotatable bonds is 2. The number of hydrogen-bond donors (Lipinski definition) is 0. The fourth-order valence-corrected chi connectivity index (χ4v) is 5.78. The van der Waals surface area contributed by atoms with Crippen LogP contribution in [-0.4, -0.2) is 16.6 Å². The Morgan fingerprint density at radius 1 is 1.25 bits per heavy atom. The average Bonchev–Trinajstić information content (AvgIpc) is 2.59. The summed E-state index contributed by atoms with van der Waals surface area (Å²) >= 11 is 2.11. The van der Waals surface area contributed by atoms with E-state index in [1.807, 2.05) is 0 Å². The zero-order valence-corrected chi connectivity index (χ0v) is 8.66. The summed E-state index contributed by atoms with van der Waals surface area (Å²) < 4.78 is 0. The molecule has 0 N–H and O–H groups in total. The number of thioether (sulfide) groups is 1. The Hall–Kier alpha value is -0.0800. The van der Waals surface area contributed by atoms with Crippen LogP contribution in [0, 0.1) is 0 Å². The predicted molar refractivity (Wildman–Crippen MR) is 59.7 cm³/mol. The van der Waals surface area contributed by atoms with Crippen molar-refractivity contribution in [2.24, 2.45) is 0 Å². The Morgan fingerprint density at radius 3 is 2.75 bits per heavy atom. The van der Waals surface area contributed by atoms with E-state index in [9.17, 15) is 0 Å². The molecule has 12 heavy (non-hydrogen) atoms. The van der Waals surface area contributed by atoms with Crippen LogP contribution >= 0.6 is 11.8 Å². The lowest BCUT2D eigenvalue weighted by Gasteiger charge is -1.99. The van der Waals surface area contributed by atoms with Crippen LogP contribution in [0.4, 0.5) is 0 Å². The molecule has 64 valence electrons. The Bertz CT molecular complexity index is 227. The Labute approximate surface area is 81.1 Å². The summed E-state index contributed by atoms with van der Waals surface area (Å²) in [7, 11) is 0.685. The van der Waals surface area contributed by atoms with Gasteiger partial charge in [-0.05, 0) is 0 Å². The molecule has 2 rings (SSSR count). The monoisotopic (exact) mass is 197 g/mol. The predicted octanol–water partition coefficient (Wildman–Crippen LogP) is 2.51. The molecule has 1 atom stereocenters. The highest BCUT2D eigenvalue weighted by molar-refractivity contribution is 8.17. The van der Waals surface area contributed by atoms with Gasteiger partial charge in [0, 0.05) is 22.2 Å². The van der Waals surface area contributed by atoms with Crippen LogP contribution in [0.3, 0.4) is 0 Å². The Kier molecular flexibility index (Phi) is 3.01. The molecular weight excluding hydrogens is 184 g/mol. The van der Waals surface area contributed by atoms with Crippen LogP contribution in [0.2, 0.25) is 0 Å². The average molecular weight is 197 g/mol. The van der Waals surface area contributed by atoms with Crippen molar-refractivity contribution < 1.29 is 0 Å². The van der Waals surface area contributed by atoms with E-state index in [2.05, 4.69) is 42.1 Å². The highest BCUT2D eigenvalue weighted by atomic mass is 32.2. The van der Waals surface area contributed by atoms with Crippen molar-refractivity contribution in [3.63, 3.8) is 0 Å². The van der Waals surface area contributed by atoms with Gasteiger partial charge in [0.2, 0.25) is 0 Å². The van der Waals surface area contributed by atoms with Crippen LogP contribution in [0.5, 0.6) is 0 Å². The molecule has 1 heterocycles. The highest BCUT2D eigenvalue weighted by Gasteiger charge is 2.24. The minimum absolute atomic E-state index is 0.685. The molecule has 2 heteroatoms. The maximum Gasteiger partial charge on any atom is 0.154 e. The Morgan fingerprint density at radius 2 is 2.08 bits per heavy atom. The summed E-state index contributed by atoms with van der Waals surface area (Å²) in [6.07, 6.45) is 0. The van der Waals surface area contributed by atoms with Crippen LogP contribution < -0.4 is 0 Å². The molecule has 1 aliphatic rings. The largest absolute Gasteiger partial charge is 0.154 e. The molecule has 0 spiro atoms. The second kappa shape index (κ2) is 4.24. The molecule has 0 aliphatic carbocycles. The second-order valence-corrected chi connectivity index (χ2v) is 6.65. The van der Waals surface area contributed by atoms with Crippen molar-refractivity contribution in [3.05, 3.63) is 35.9 Å². The fraction of sp³-hybridized carbons (Fsp3) is 0.400. The first-order chi connectivity index (χ1) is 5.95. The summed E-state index contributed by atoms with van der Waals surface area (Å²) in [5.74, 6) is 4.14. The summed E-state index contributed by atoms with van der Waals surface area (Å²) in [4.78, 5) is 0. The molecule has 0 radical (unpaired) electrons. The molecule has 1 aromatic rings. The third kappa shape index (κ3) is 2.20. The minimum atomic E-state index is 0.685. The van der Waals surface area contributed by atoms with Gasteiger partial charge in [0.25, 0.3) is 0 Å². The quantitative estimate of drug-likeness (QED) is 0.657. The molecular formula is C10H13S2+. The van der Waals surface area contributed by atoms with E-state index >= 15 is 0 Å². The third-order valence-electron chi connectivity index (χ3n) is 1.98. The van der Waals surface area contributed by atoms with Crippen LogP contribution in [0.25, 0.3) is 0 Å². The van der Waals surface area contributed by atoms with Crippen LogP contribution in [0.1, 0.15) is 5.56 Å². The van der Waals surface area contributed by atoms with E-state index in [0.29, 0.717) is 10.9 Å². The van der Waals surface area contributed by atoms with Gasteiger partial charge in [0.05, 0.1) is 0 Å². The van der Waals surface area contributed by atoms with Gasteiger partial charge in [-0.1, -0.05) is 30.3 Å². The standard InChI is InChI=1S/C10H13S2/c1-2-4-10(5-3-1)8-12-7-6-11-9-12/h1-5H,6-9H2/q+1. The van der Waals surface area contributed by atoms with Crippen molar-refractivity contribution in [2.75, 3.05) is 16.6 Å². The van der Waals surface area contributed by atoms with Crippen LogP contribution in [-0.2, 0) is 16.6 Å². The third-order valence-corrected chi connectivity index (χ3v) is 6.25. The lowest BCUT2D eigenvalue weighted by Crippen LogP contribution is -2.06. The van der Waals surface area contributed by atoms with Gasteiger partial charge in [-0.25, -0.2) is 0 Å². The van der Waals surface area contributed by atoms with Gasteiger partial charge in [0.1, 0.15) is 11.5 Å². The van der Waals surface area contributed by atoms with E-state index in [1.165, 1.54) is 27.9 Å². The maximum atomic E-state index is 2.25. The second-order valence-electron chi connectivity index (χ2n) is 2.97. The van der Waals surface area contributed by atoms with E-state index < -0.39 is 0 Å². The van der Waals surface area contributed by atoms with Gasteiger partial charge >= 0.3 is 0 Å². The van der Waals surface area contributed by atoms with Gasteiger partial charge in [-0.3, -0.25) is 0 Å². The SMILES string of the molecule is c1ccc(C[S+]2CCSC2)cc1. The van der Waals surface area contributed by atoms with Gasteiger partial charge in [0.15, 0.2) is 5.08 Å². The molecule has 1 unspecified atom stereocenters. The fourth-order valence-electron chi connectivity index (χ4n) is 1.34. The van der Waals surface area contributed by atoms with Gasteiger partial charge < -0.3 is 0 Å². The van der Waals surface area contributed by atoms with Crippen molar-refractivity contribution in [1.29, 1.82) is 0 Å². The van der Waals surface area contributed by atoms with Crippen molar-refractivity contribution in [2.45, 2.75) is 5.75 Å². The normalized spacial score (nSPS) is 22.8. The molecule has 1 fully saturated rings. The van der Waals surface area contributed by atoms with Gasteiger partial charge in [-0.15, -0.1) is 11.8 Å². The smallest absolute Gasteiger partial charge is 0.104 e. The summed E-state index contributed by atoms with van der Waals surface area (Å²) in [6.45, 7) is 0. The molecule has 1 aromatic carbocycles. The molecule has 0 nitrogen and oxygen atoms in total. The van der Waals surface area contributed by atoms with Crippen LogP contribution in [0.15, 0.2) is 30.3 Å². The lowest BCUT2D eigenvalue weighted by molar-refractivity contribution is 1.38. The maximum absolute atomic E-state index is 2.25. The number of benzene rings is 1. The van der Waals surface area contributed by atoms with Crippen molar-refractivity contribution in [3.8, 4) is 0 Å². The molecule has 0 bridgehead atoms. The molecule has 1 saturated heterocycles. The summed E-state index contributed by atoms with van der Waals surface area (Å²) in [5, 5.41) is 1.40. The topological polar surface area (TPSA) is 0 Å². The number of hydrogen-bond acceptors (Lipinski definition) is 1. The lowest BCUT2D eigenvalue weighted by atomic mass is 10.2. The van der Waals surface area contributed by atoms with Crippen molar-refractivity contribution in [1.82, 2.24) is 0 Å². The van der Waals surface area contributed by atoms with E-state index in [-0.39, 0.29) is 0 Å². The molecule has 0 amide bonds. The van der Waals surface area contributed by atoms with Crippen molar-refractivity contribution >= 4 is 22.7 Å². The molecule has 0 saturated carbocycles. The van der Waals surface area contributed by atoms with E-state index in [4.69, 9.17) is 0 Å². The zero-order valence-electron chi connectivity index (χ0n) is 7.03.